The minimum absolute atomic E-state index is 0.000580. The van der Waals surface area contributed by atoms with E-state index in [1.807, 2.05) is 13.0 Å². The first-order valence-electron chi connectivity index (χ1n) is 8.69. The van der Waals surface area contributed by atoms with Crippen LogP contribution in [0.4, 0.5) is 5.69 Å². The van der Waals surface area contributed by atoms with E-state index in [-0.39, 0.29) is 10.5 Å². The number of amides is 1. The standard InChI is InChI=1S/C20H21N3O3S/c1-14-5-3-6-16(11-14)23-27(25,26)17-8-7-15(2)18(12-17)19(24)22-20(13-21)9-4-10-20/h3,5-8,11-12,23H,4,9-10H2,1-2H3,(H,22,24). The highest BCUT2D eigenvalue weighted by atomic mass is 32.2. The molecule has 7 heteroatoms. The van der Waals surface area contributed by atoms with Gasteiger partial charge < -0.3 is 5.32 Å². The van der Waals surface area contributed by atoms with Crippen molar-refractivity contribution < 1.29 is 13.2 Å². The van der Waals surface area contributed by atoms with Crippen molar-refractivity contribution in [3.63, 3.8) is 0 Å². The Labute approximate surface area is 159 Å². The molecule has 6 nitrogen and oxygen atoms in total. The minimum atomic E-state index is -3.84. The molecule has 1 aliphatic rings. The summed E-state index contributed by atoms with van der Waals surface area (Å²) in [5.74, 6) is -0.429. The van der Waals surface area contributed by atoms with Crippen LogP contribution in [-0.2, 0) is 10.0 Å². The van der Waals surface area contributed by atoms with Crippen molar-refractivity contribution in [2.24, 2.45) is 0 Å². The smallest absolute Gasteiger partial charge is 0.261 e. The molecule has 1 saturated carbocycles. The molecule has 0 heterocycles. The molecule has 0 unspecified atom stereocenters. The van der Waals surface area contributed by atoms with Crippen molar-refractivity contribution in [3.05, 3.63) is 59.2 Å². The summed E-state index contributed by atoms with van der Waals surface area (Å²) in [6, 6.07) is 13.6. The van der Waals surface area contributed by atoms with Crippen molar-refractivity contribution in [1.29, 1.82) is 5.26 Å². The average Bonchev–Trinajstić information content (AvgIpc) is 2.57. The molecule has 0 radical (unpaired) electrons. The molecule has 2 aromatic rings. The van der Waals surface area contributed by atoms with Crippen LogP contribution in [0.1, 0.15) is 40.7 Å². The molecule has 0 spiro atoms. The fourth-order valence-corrected chi connectivity index (χ4v) is 4.09. The first kappa shape index (κ1) is 18.9. The lowest BCUT2D eigenvalue weighted by Crippen LogP contribution is -2.52. The first-order chi connectivity index (χ1) is 12.7. The van der Waals surface area contributed by atoms with Gasteiger partial charge in [-0.05, 0) is 68.5 Å². The Balaban J connectivity index is 1.88. The second-order valence-electron chi connectivity index (χ2n) is 6.95. The second kappa shape index (κ2) is 7.05. The zero-order valence-corrected chi connectivity index (χ0v) is 16.1. The van der Waals surface area contributed by atoms with Crippen LogP contribution in [0.5, 0.6) is 0 Å². The van der Waals surface area contributed by atoms with Crippen molar-refractivity contribution in [2.45, 2.75) is 43.5 Å². The van der Waals surface area contributed by atoms with Gasteiger partial charge in [-0.25, -0.2) is 8.42 Å². The summed E-state index contributed by atoms with van der Waals surface area (Å²) in [5.41, 5.74) is 1.46. The van der Waals surface area contributed by atoms with E-state index in [1.165, 1.54) is 12.1 Å². The van der Waals surface area contributed by atoms with Crippen molar-refractivity contribution in [3.8, 4) is 6.07 Å². The molecular formula is C20H21N3O3S. The quantitative estimate of drug-likeness (QED) is 0.828. The van der Waals surface area contributed by atoms with E-state index in [2.05, 4.69) is 16.1 Å². The van der Waals surface area contributed by atoms with Crippen LogP contribution in [0.15, 0.2) is 47.4 Å². The van der Waals surface area contributed by atoms with Gasteiger partial charge in [0.1, 0.15) is 5.54 Å². The predicted octanol–water partition coefficient (Wildman–Crippen LogP) is 3.28. The third-order valence-electron chi connectivity index (χ3n) is 4.81. The molecule has 0 aromatic heterocycles. The van der Waals surface area contributed by atoms with Gasteiger partial charge in [-0.3, -0.25) is 9.52 Å². The molecular weight excluding hydrogens is 362 g/mol. The van der Waals surface area contributed by atoms with E-state index in [9.17, 15) is 18.5 Å². The fraction of sp³-hybridized carbons (Fsp3) is 0.300. The SMILES string of the molecule is Cc1cccc(NS(=O)(=O)c2ccc(C)c(C(=O)NC3(C#N)CCC3)c2)c1. The highest BCUT2D eigenvalue weighted by Crippen LogP contribution is 2.31. The van der Waals surface area contributed by atoms with E-state index in [1.54, 1.807) is 31.2 Å². The summed E-state index contributed by atoms with van der Waals surface area (Å²) in [6.07, 6.45) is 2.12. The maximum Gasteiger partial charge on any atom is 0.261 e. The lowest BCUT2D eigenvalue weighted by Gasteiger charge is -2.35. The number of sulfonamides is 1. The number of carbonyl (C=O) groups is 1. The molecule has 2 aromatic carbocycles. The summed E-state index contributed by atoms with van der Waals surface area (Å²) in [6.45, 7) is 3.61. The Hall–Kier alpha value is -2.85. The van der Waals surface area contributed by atoms with Gasteiger partial charge in [0.25, 0.3) is 15.9 Å². The molecule has 1 amide bonds. The maximum absolute atomic E-state index is 12.7. The zero-order chi connectivity index (χ0) is 19.7. The summed E-state index contributed by atoms with van der Waals surface area (Å²) in [7, 11) is -3.84. The number of benzene rings is 2. The van der Waals surface area contributed by atoms with E-state index < -0.39 is 21.5 Å². The average molecular weight is 383 g/mol. The normalized spacial score (nSPS) is 15.3. The van der Waals surface area contributed by atoms with Crippen molar-refractivity contribution >= 4 is 21.6 Å². The Bertz CT molecular complexity index is 1030. The molecule has 0 saturated heterocycles. The topological polar surface area (TPSA) is 99.1 Å². The van der Waals surface area contributed by atoms with Crippen LogP contribution in [0.25, 0.3) is 0 Å². The molecule has 1 aliphatic carbocycles. The largest absolute Gasteiger partial charge is 0.334 e. The third-order valence-corrected chi connectivity index (χ3v) is 6.19. The van der Waals surface area contributed by atoms with E-state index >= 15 is 0 Å². The molecule has 0 aliphatic heterocycles. The van der Waals surface area contributed by atoms with E-state index in [0.29, 0.717) is 24.1 Å². The molecule has 140 valence electrons. The van der Waals surface area contributed by atoms with Gasteiger partial charge in [0, 0.05) is 11.3 Å². The lowest BCUT2D eigenvalue weighted by molar-refractivity contribution is 0.0880. The van der Waals surface area contributed by atoms with Crippen LogP contribution >= 0.6 is 0 Å². The Morgan fingerprint density at radius 1 is 1.15 bits per heavy atom. The molecule has 0 atom stereocenters. The van der Waals surface area contributed by atoms with Gasteiger partial charge >= 0.3 is 0 Å². The van der Waals surface area contributed by atoms with E-state index in [4.69, 9.17) is 0 Å². The lowest BCUT2D eigenvalue weighted by atomic mass is 9.78. The number of carbonyl (C=O) groups excluding carboxylic acids is 1. The maximum atomic E-state index is 12.7. The third kappa shape index (κ3) is 3.96. The Morgan fingerprint density at radius 3 is 2.48 bits per heavy atom. The number of aryl methyl sites for hydroxylation is 2. The van der Waals surface area contributed by atoms with Crippen LogP contribution in [0.2, 0.25) is 0 Å². The predicted molar refractivity (Wildman–Crippen MR) is 103 cm³/mol. The Morgan fingerprint density at radius 2 is 1.89 bits per heavy atom. The van der Waals surface area contributed by atoms with Gasteiger partial charge in [0.05, 0.1) is 11.0 Å². The van der Waals surface area contributed by atoms with Crippen LogP contribution in [0, 0.1) is 25.2 Å². The van der Waals surface area contributed by atoms with Gasteiger partial charge in [0.15, 0.2) is 0 Å². The highest BCUT2D eigenvalue weighted by Gasteiger charge is 2.39. The molecule has 27 heavy (non-hydrogen) atoms. The van der Waals surface area contributed by atoms with Gasteiger partial charge in [0.2, 0.25) is 0 Å². The second-order valence-corrected chi connectivity index (χ2v) is 8.64. The minimum Gasteiger partial charge on any atom is -0.334 e. The number of nitrogens with zero attached hydrogens (tertiary/aromatic N) is 1. The molecule has 1 fully saturated rings. The number of nitrogens with one attached hydrogen (secondary N) is 2. The molecule has 0 bridgehead atoms. The number of nitriles is 1. The highest BCUT2D eigenvalue weighted by molar-refractivity contribution is 7.92. The van der Waals surface area contributed by atoms with Gasteiger partial charge in [-0.1, -0.05) is 18.2 Å². The number of hydrogen-bond acceptors (Lipinski definition) is 4. The summed E-state index contributed by atoms with van der Waals surface area (Å²) < 4.78 is 28.0. The molecule has 3 rings (SSSR count). The number of rotatable bonds is 5. The molecule has 2 N–H and O–H groups in total. The zero-order valence-electron chi connectivity index (χ0n) is 15.2. The fourth-order valence-electron chi connectivity index (χ4n) is 3.02. The monoisotopic (exact) mass is 383 g/mol. The first-order valence-corrected chi connectivity index (χ1v) is 10.2. The van der Waals surface area contributed by atoms with Crippen LogP contribution in [-0.4, -0.2) is 19.9 Å². The van der Waals surface area contributed by atoms with Gasteiger partial charge in [-0.2, -0.15) is 5.26 Å². The number of anilines is 1. The summed E-state index contributed by atoms with van der Waals surface area (Å²) in [5, 5.41) is 12.1. The Kier molecular flexibility index (Phi) is 4.94. The summed E-state index contributed by atoms with van der Waals surface area (Å²) in [4.78, 5) is 12.6. The van der Waals surface area contributed by atoms with Gasteiger partial charge in [-0.15, -0.1) is 0 Å². The van der Waals surface area contributed by atoms with Crippen molar-refractivity contribution in [2.75, 3.05) is 4.72 Å². The summed E-state index contributed by atoms with van der Waals surface area (Å²) >= 11 is 0. The van der Waals surface area contributed by atoms with Crippen LogP contribution < -0.4 is 10.0 Å². The van der Waals surface area contributed by atoms with E-state index in [0.717, 1.165) is 12.0 Å². The van der Waals surface area contributed by atoms with Crippen molar-refractivity contribution in [1.82, 2.24) is 5.32 Å². The van der Waals surface area contributed by atoms with Crippen LogP contribution in [0.3, 0.4) is 0 Å². The number of hydrogen-bond donors (Lipinski definition) is 2.